The molecule has 0 aliphatic rings. The van der Waals surface area contributed by atoms with Crippen molar-refractivity contribution in [3.8, 4) is 11.5 Å². The Morgan fingerprint density at radius 2 is 1.90 bits per heavy atom. The van der Waals surface area contributed by atoms with Crippen LogP contribution in [-0.4, -0.2) is 10.0 Å². The summed E-state index contributed by atoms with van der Waals surface area (Å²) in [5.74, 6) is 0.412. The Bertz CT molecular complexity index is 626. The molecular formula is C14H12ClNO4. The van der Waals surface area contributed by atoms with Crippen molar-refractivity contribution in [1.82, 2.24) is 0 Å². The summed E-state index contributed by atoms with van der Waals surface area (Å²) in [7, 11) is 0. The van der Waals surface area contributed by atoms with Gasteiger partial charge in [-0.15, -0.1) is 0 Å². The molecule has 0 fully saturated rings. The molecule has 104 valence electrons. The van der Waals surface area contributed by atoms with Gasteiger partial charge in [0.2, 0.25) is 5.75 Å². The largest absolute Gasteiger partial charge is 0.449 e. The van der Waals surface area contributed by atoms with Gasteiger partial charge in [0.15, 0.2) is 0 Å². The van der Waals surface area contributed by atoms with Gasteiger partial charge in [0, 0.05) is 6.07 Å². The van der Waals surface area contributed by atoms with Crippen LogP contribution in [0.3, 0.4) is 0 Å². The van der Waals surface area contributed by atoms with E-state index < -0.39 is 11.0 Å². The molecule has 1 atom stereocenters. The second kappa shape index (κ2) is 5.90. The highest BCUT2D eigenvalue weighted by molar-refractivity contribution is 6.32. The van der Waals surface area contributed by atoms with Gasteiger partial charge in [-0.25, -0.2) is 0 Å². The van der Waals surface area contributed by atoms with E-state index in [2.05, 4.69) is 0 Å². The zero-order valence-electron chi connectivity index (χ0n) is 10.6. The smallest absolute Gasteiger partial charge is 0.313 e. The van der Waals surface area contributed by atoms with Crippen molar-refractivity contribution < 1.29 is 14.8 Å². The molecule has 0 spiro atoms. The summed E-state index contributed by atoms with van der Waals surface area (Å²) >= 11 is 5.94. The summed E-state index contributed by atoms with van der Waals surface area (Å²) in [6.07, 6.45) is -0.585. The molecule has 1 N–H and O–H groups in total. The summed E-state index contributed by atoms with van der Waals surface area (Å²) in [5.41, 5.74) is 0.531. The molecular weight excluding hydrogens is 282 g/mol. The number of hydrogen-bond acceptors (Lipinski definition) is 4. The standard InChI is InChI=1S/C14H12ClNO4/c1-9(17)10-5-7-11(8-6-10)20-14-12(15)3-2-4-13(14)16(18)19/h2-9,17H,1H3. The summed E-state index contributed by atoms with van der Waals surface area (Å²) in [6, 6.07) is 10.9. The van der Waals surface area contributed by atoms with Gasteiger partial charge in [0.25, 0.3) is 0 Å². The zero-order chi connectivity index (χ0) is 14.7. The quantitative estimate of drug-likeness (QED) is 0.680. The van der Waals surface area contributed by atoms with E-state index in [9.17, 15) is 15.2 Å². The number of nitro benzene ring substituents is 1. The number of aliphatic hydroxyl groups excluding tert-OH is 1. The van der Waals surface area contributed by atoms with Gasteiger partial charge < -0.3 is 9.84 Å². The lowest BCUT2D eigenvalue weighted by molar-refractivity contribution is -0.385. The monoisotopic (exact) mass is 293 g/mol. The van der Waals surface area contributed by atoms with E-state index in [1.165, 1.54) is 18.2 Å². The maximum Gasteiger partial charge on any atom is 0.313 e. The van der Waals surface area contributed by atoms with Crippen LogP contribution in [0.4, 0.5) is 5.69 Å². The third-order valence-electron chi connectivity index (χ3n) is 2.73. The molecule has 0 aliphatic carbocycles. The molecule has 0 saturated carbocycles. The van der Waals surface area contributed by atoms with Crippen LogP contribution in [0.1, 0.15) is 18.6 Å². The lowest BCUT2D eigenvalue weighted by Gasteiger charge is -2.09. The molecule has 6 heteroatoms. The molecule has 5 nitrogen and oxygen atoms in total. The third kappa shape index (κ3) is 3.07. The first-order chi connectivity index (χ1) is 9.49. The Morgan fingerprint density at radius 3 is 2.45 bits per heavy atom. The van der Waals surface area contributed by atoms with E-state index in [0.29, 0.717) is 5.75 Å². The van der Waals surface area contributed by atoms with Crippen LogP contribution in [0.15, 0.2) is 42.5 Å². The van der Waals surface area contributed by atoms with Crippen molar-refractivity contribution in [1.29, 1.82) is 0 Å². The fourth-order valence-electron chi connectivity index (χ4n) is 1.67. The molecule has 0 saturated heterocycles. The molecule has 2 rings (SSSR count). The third-order valence-corrected chi connectivity index (χ3v) is 3.02. The van der Waals surface area contributed by atoms with Crippen LogP contribution in [0.2, 0.25) is 5.02 Å². The highest BCUT2D eigenvalue weighted by Gasteiger charge is 2.19. The number of ether oxygens (including phenoxy) is 1. The molecule has 0 radical (unpaired) electrons. The number of para-hydroxylation sites is 1. The van der Waals surface area contributed by atoms with Crippen LogP contribution >= 0.6 is 11.6 Å². The predicted molar refractivity (Wildman–Crippen MR) is 75.3 cm³/mol. The summed E-state index contributed by atoms with van der Waals surface area (Å²) in [5, 5.41) is 20.5. The number of benzene rings is 2. The van der Waals surface area contributed by atoms with Gasteiger partial charge in [-0.2, -0.15) is 0 Å². The molecule has 0 aromatic heterocycles. The lowest BCUT2D eigenvalue weighted by Crippen LogP contribution is -1.95. The number of halogens is 1. The first-order valence-electron chi connectivity index (χ1n) is 5.88. The van der Waals surface area contributed by atoms with Gasteiger partial charge in [0.05, 0.1) is 16.0 Å². The number of nitro groups is 1. The lowest BCUT2D eigenvalue weighted by atomic mass is 10.1. The van der Waals surface area contributed by atoms with Crippen LogP contribution < -0.4 is 4.74 Å². The Morgan fingerprint density at radius 1 is 1.25 bits per heavy atom. The SMILES string of the molecule is CC(O)c1ccc(Oc2c(Cl)cccc2[N+](=O)[O-])cc1. The minimum absolute atomic E-state index is 0.00367. The molecule has 0 amide bonds. The van der Waals surface area contributed by atoms with Crippen LogP contribution in [-0.2, 0) is 0 Å². The molecule has 2 aromatic rings. The number of rotatable bonds is 4. The van der Waals surface area contributed by atoms with Crippen molar-refractivity contribution >= 4 is 17.3 Å². The first-order valence-corrected chi connectivity index (χ1v) is 6.25. The van der Waals surface area contributed by atoms with Crippen molar-refractivity contribution in [3.63, 3.8) is 0 Å². The molecule has 2 aromatic carbocycles. The summed E-state index contributed by atoms with van der Waals surface area (Å²) < 4.78 is 5.48. The van der Waals surface area contributed by atoms with Gasteiger partial charge in [-0.1, -0.05) is 29.8 Å². The highest BCUT2D eigenvalue weighted by Crippen LogP contribution is 2.37. The topological polar surface area (TPSA) is 72.6 Å². The predicted octanol–water partition coefficient (Wildman–Crippen LogP) is 4.09. The highest BCUT2D eigenvalue weighted by atomic mass is 35.5. The number of hydrogen-bond donors (Lipinski definition) is 1. The Kier molecular flexibility index (Phi) is 4.22. The van der Waals surface area contributed by atoms with Gasteiger partial charge in [-0.3, -0.25) is 10.1 Å². The van der Waals surface area contributed by atoms with Crippen LogP contribution in [0.5, 0.6) is 11.5 Å². The van der Waals surface area contributed by atoms with E-state index in [4.69, 9.17) is 16.3 Å². The molecule has 20 heavy (non-hydrogen) atoms. The van der Waals surface area contributed by atoms with E-state index in [1.54, 1.807) is 31.2 Å². The Labute approximate surface area is 120 Å². The molecule has 1 unspecified atom stereocenters. The minimum atomic E-state index is -0.585. The van der Waals surface area contributed by atoms with E-state index in [0.717, 1.165) is 5.56 Å². The average molecular weight is 294 g/mol. The first kappa shape index (κ1) is 14.3. The fourth-order valence-corrected chi connectivity index (χ4v) is 1.88. The average Bonchev–Trinajstić information content (AvgIpc) is 2.41. The molecule has 0 aliphatic heterocycles. The van der Waals surface area contributed by atoms with Crippen molar-refractivity contribution in [3.05, 3.63) is 63.2 Å². The fraction of sp³-hybridized carbons (Fsp3) is 0.143. The van der Waals surface area contributed by atoms with Crippen molar-refractivity contribution in [2.24, 2.45) is 0 Å². The van der Waals surface area contributed by atoms with Gasteiger partial charge in [-0.05, 0) is 30.7 Å². The zero-order valence-corrected chi connectivity index (χ0v) is 11.4. The maximum atomic E-state index is 10.9. The number of nitrogens with zero attached hydrogens (tertiary/aromatic N) is 1. The van der Waals surface area contributed by atoms with Crippen LogP contribution in [0.25, 0.3) is 0 Å². The van der Waals surface area contributed by atoms with Crippen LogP contribution in [0, 0.1) is 10.1 Å². The summed E-state index contributed by atoms with van der Waals surface area (Å²) in [6.45, 7) is 1.65. The Balaban J connectivity index is 2.32. The molecule has 0 bridgehead atoms. The van der Waals surface area contributed by atoms with Gasteiger partial charge in [0.1, 0.15) is 5.75 Å². The second-order valence-corrected chi connectivity index (χ2v) is 4.60. The normalized spacial score (nSPS) is 11.9. The number of aliphatic hydroxyl groups is 1. The van der Waals surface area contributed by atoms with E-state index in [1.807, 2.05) is 0 Å². The minimum Gasteiger partial charge on any atom is -0.449 e. The van der Waals surface area contributed by atoms with E-state index >= 15 is 0 Å². The maximum absolute atomic E-state index is 10.9. The van der Waals surface area contributed by atoms with Crippen molar-refractivity contribution in [2.45, 2.75) is 13.0 Å². The van der Waals surface area contributed by atoms with Crippen molar-refractivity contribution in [2.75, 3.05) is 0 Å². The molecule has 0 heterocycles. The second-order valence-electron chi connectivity index (χ2n) is 4.19. The Hall–Kier alpha value is -2.11. The van der Waals surface area contributed by atoms with E-state index in [-0.39, 0.29) is 16.5 Å². The van der Waals surface area contributed by atoms with Gasteiger partial charge >= 0.3 is 5.69 Å². The summed E-state index contributed by atoms with van der Waals surface area (Å²) in [4.78, 5) is 10.4.